The Kier molecular flexibility index (Phi) is 6.26. The van der Waals surface area contributed by atoms with Gasteiger partial charge in [-0.05, 0) is 54.8 Å². The maximum Gasteiger partial charge on any atom is 0.123 e. The van der Waals surface area contributed by atoms with Crippen LogP contribution in [0.5, 0.6) is 0 Å². The third kappa shape index (κ3) is 4.68. The van der Waals surface area contributed by atoms with E-state index >= 15 is 0 Å². The summed E-state index contributed by atoms with van der Waals surface area (Å²) < 4.78 is 27.0. The fourth-order valence-corrected chi connectivity index (χ4v) is 4.53. The number of piperidine rings is 1. The molecular formula is C24H29F2N3. The van der Waals surface area contributed by atoms with E-state index in [9.17, 15) is 8.78 Å². The van der Waals surface area contributed by atoms with E-state index < -0.39 is 0 Å². The second kappa shape index (κ2) is 9.06. The SMILES string of the molecule is C=C([C@@H]1CCCCN1)N1CCN(C(c2ccc(F)cc2)c2ccc(F)cc2)CC1. The van der Waals surface area contributed by atoms with Crippen molar-refractivity contribution in [3.05, 3.63) is 83.6 Å². The van der Waals surface area contributed by atoms with Crippen molar-refractivity contribution in [2.45, 2.75) is 31.3 Å². The zero-order valence-corrected chi connectivity index (χ0v) is 16.8. The quantitative estimate of drug-likeness (QED) is 0.810. The Hall–Kier alpha value is -2.24. The van der Waals surface area contributed by atoms with Crippen molar-refractivity contribution in [1.29, 1.82) is 0 Å². The van der Waals surface area contributed by atoms with Crippen LogP contribution in [0.25, 0.3) is 0 Å². The van der Waals surface area contributed by atoms with E-state index in [2.05, 4.69) is 21.7 Å². The predicted molar refractivity (Wildman–Crippen MR) is 113 cm³/mol. The zero-order valence-electron chi connectivity index (χ0n) is 16.8. The van der Waals surface area contributed by atoms with Crippen molar-refractivity contribution in [3.8, 4) is 0 Å². The van der Waals surface area contributed by atoms with Crippen LogP contribution in [0.4, 0.5) is 8.78 Å². The Bertz CT molecular complexity index is 760. The number of nitrogens with one attached hydrogen (secondary N) is 1. The average molecular weight is 398 g/mol. The van der Waals surface area contributed by atoms with Gasteiger partial charge >= 0.3 is 0 Å². The average Bonchev–Trinajstić information content (AvgIpc) is 2.77. The highest BCUT2D eigenvalue weighted by Crippen LogP contribution is 2.31. The molecule has 154 valence electrons. The van der Waals surface area contributed by atoms with E-state index in [1.165, 1.54) is 42.8 Å². The van der Waals surface area contributed by atoms with E-state index in [0.29, 0.717) is 6.04 Å². The summed E-state index contributed by atoms with van der Waals surface area (Å²) in [7, 11) is 0. The molecule has 2 aromatic carbocycles. The minimum Gasteiger partial charge on any atom is -0.371 e. The van der Waals surface area contributed by atoms with Crippen LogP contribution in [-0.2, 0) is 0 Å². The highest BCUT2D eigenvalue weighted by molar-refractivity contribution is 5.32. The molecule has 2 heterocycles. The van der Waals surface area contributed by atoms with Crippen molar-refractivity contribution < 1.29 is 8.78 Å². The number of hydrogen-bond donors (Lipinski definition) is 1. The van der Waals surface area contributed by atoms with Crippen molar-refractivity contribution in [2.75, 3.05) is 32.7 Å². The molecular weight excluding hydrogens is 368 g/mol. The molecule has 2 aliphatic rings. The van der Waals surface area contributed by atoms with Crippen LogP contribution < -0.4 is 5.32 Å². The summed E-state index contributed by atoms with van der Waals surface area (Å²) in [6, 6.07) is 13.7. The second-order valence-electron chi connectivity index (χ2n) is 8.02. The van der Waals surface area contributed by atoms with Gasteiger partial charge in [0, 0.05) is 37.9 Å². The summed E-state index contributed by atoms with van der Waals surface area (Å²) in [5.41, 5.74) is 3.25. The molecule has 2 aliphatic heterocycles. The van der Waals surface area contributed by atoms with Gasteiger partial charge in [0.25, 0.3) is 0 Å². The lowest BCUT2D eigenvalue weighted by atomic mass is 9.96. The van der Waals surface area contributed by atoms with Gasteiger partial charge in [-0.2, -0.15) is 0 Å². The van der Waals surface area contributed by atoms with Crippen LogP contribution in [0.2, 0.25) is 0 Å². The zero-order chi connectivity index (χ0) is 20.2. The number of rotatable bonds is 5. The number of benzene rings is 2. The van der Waals surface area contributed by atoms with Crippen LogP contribution in [0.15, 0.2) is 60.8 Å². The first-order valence-electron chi connectivity index (χ1n) is 10.5. The summed E-state index contributed by atoms with van der Waals surface area (Å²) in [6.45, 7) is 9.02. The molecule has 0 amide bonds. The first kappa shape index (κ1) is 20.0. The summed E-state index contributed by atoms with van der Waals surface area (Å²) in [5, 5.41) is 3.59. The molecule has 5 heteroatoms. The largest absolute Gasteiger partial charge is 0.371 e. The molecule has 2 aromatic rings. The first-order chi connectivity index (χ1) is 14.1. The van der Waals surface area contributed by atoms with Crippen molar-refractivity contribution >= 4 is 0 Å². The normalized spacial score (nSPS) is 20.8. The monoisotopic (exact) mass is 397 g/mol. The lowest BCUT2D eigenvalue weighted by molar-refractivity contribution is 0.124. The maximum atomic E-state index is 13.5. The van der Waals surface area contributed by atoms with Gasteiger partial charge < -0.3 is 10.2 Å². The lowest BCUT2D eigenvalue weighted by Crippen LogP contribution is -2.50. The molecule has 0 saturated carbocycles. The van der Waals surface area contributed by atoms with Gasteiger partial charge in [0.1, 0.15) is 11.6 Å². The van der Waals surface area contributed by atoms with Crippen molar-refractivity contribution in [3.63, 3.8) is 0 Å². The maximum absolute atomic E-state index is 13.5. The third-order valence-electron chi connectivity index (χ3n) is 6.17. The standard InChI is InChI=1S/C24H29F2N3/c1-18(23-4-2-3-13-27-23)28-14-16-29(17-15-28)24(19-5-9-21(25)10-6-19)20-7-11-22(26)12-8-20/h5-12,23-24,27H,1-4,13-17H2/t23-/m0/s1. The molecule has 3 nitrogen and oxygen atoms in total. The molecule has 0 bridgehead atoms. The molecule has 0 aliphatic carbocycles. The Morgan fingerprint density at radius 3 is 1.90 bits per heavy atom. The van der Waals surface area contributed by atoms with E-state index in [-0.39, 0.29) is 17.7 Å². The van der Waals surface area contributed by atoms with Crippen LogP contribution >= 0.6 is 0 Å². The molecule has 2 saturated heterocycles. The number of halogens is 2. The molecule has 1 atom stereocenters. The molecule has 29 heavy (non-hydrogen) atoms. The molecule has 0 aromatic heterocycles. The van der Waals surface area contributed by atoms with Gasteiger partial charge in [0.15, 0.2) is 0 Å². The smallest absolute Gasteiger partial charge is 0.123 e. The molecule has 0 unspecified atom stereocenters. The fraction of sp³-hybridized carbons (Fsp3) is 0.417. The minimum absolute atomic E-state index is 0.0144. The Labute approximate surface area is 172 Å². The Balaban J connectivity index is 1.49. The van der Waals surface area contributed by atoms with Gasteiger partial charge in [0.2, 0.25) is 0 Å². The van der Waals surface area contributed by atoms with Gasteiger partial charge in [-0.25, -0.2) is 8.78 Å². The van der Waals surface area contributed by atoms with Crippen LogP contribution in [0.3, 0.4) is 0 Å². The van der Waals surface area contributed by atoms with E-state index in [1.54, 1.807) is 0 Å². The van der Waals surface area contributed by atoms with Crippen LogP contribution in [0.1, 0.15) is 36.4 Å². The third-order valence-corrected chi connectivity index (χ3v) is 6.17. The summed E-state index contributed by atoms with van der Waals surface area (Å²) in [5.74, 6) is -0.486. The van der Waals surface area contributed by atoms with E-state index in [4.69, 9.17) is 0 Å². The van der Waals surface area contributed by atoms with Gasteiger partial charge in [-0.3, -0.25) is 4.90 Å². The van der Waals surface area contributed by atoms with Crippen molar-refractivity contribution in [1.82, 2.24) is 15.1 Å². The van der Waals surface area contributed by atoms with Gasteiger partial charge in [-0.15, -0.1) is 0 Å². The highest BCUT2D eigenvalue weighted by atomic mass is 19.1. The molecule has 0 spiro atoms. The molecule has 0 radical (unpaired) electrons. The Morgan fingerprint density at radius 2 is 1.41 bits per heavy atom. The summed E-state index contributed by atoms with van der Waals surface area (Å²) >= 11 is 0. The highest BCUT2D eigenvalue weighted by Gasteiger charge is 2.29. The van der Waals surface area contributed by atoms with Crippen molar-refractivity contribution in [2.24, 2.45) is 0 Å². The van der Waals surface area contributed by atoms with Gasteiger partial charge in [-0.1, -0.05) is 37.3 Å². The summed E-state index contributed by atoms with van der Waals surface area (Å²) in [4.78, 5) is 4.80. The van der Waals surface area contributed by atoms with Crippen LogP contribution in [0, 0.1) is 11.6 Å². The lowest BCUT2D eigenvalue weighted by Gasteiger charge is -2.43. The molecule has 4 rings (SSSR count). The molecule has 2 fully saturated rings. The Morgan fingerprint density at radius 1 is 0.862 bits per heavy atom. The van der Waals surface area contributed by atoms with Gasteiger partial charge in [0.05, 0.1) is 6.04 Å². The van der Waals surface area contributed by atoms with E-state index in [1.807, 2.05) is 24.3 Å². The molecule has 1 N–H and O–H groups in total. The predicted octanol–water partition coefficient (Wildman–Crippen LogP) is 4.33. The second-order valence-corrected chi connectivity index (χ2v) is 8.02. The topological polar surface area (TPSA) is 18.5 Å². The number of hydrogen-bond acceptors (Lipinski definition) is 3. The minimum atomic E-state index is -0.243. The fourth-order valence-electron chi connectivity index (χ4n) is 4.53. The number of piperazine rings is 1. The number of nitrogens with zero attached hydrogens (tertiary/aromatic N) is 2. The summed E-state index contributed by atoms with van der Waals surface area (Å²) in [6.07, 6.45) is 3.66. The first-order valence-corrected chi connectivity index (χ1v) is 10.5. The van der Waals surface area contributed by atoms with E-state index in [0.717, 1.165) is 50.3 Å². The van der Waals surface area contributed by atoms with Crippen LogP contribution in [-0.4, -0.2) is 48.6 Å².